The molecule has 0 spiro atoms. The molecule has 3 aromatic rings. The fraction of sp³-hybridized carbons (Fsp3) is 0.353. The molecular weight excluding hydrogens is 368 g/mol. The van der Waals surface area contributed by atoms with Crippen molar-refractivity contribution in [2.45, 2.75) is 37.1 Å². The van der Waals surface area contributed by atoms with E-state index in [1.807, 2.05) is 12.1 Å². The van der Waals surface area contributed by atoms with Gasteiger partial charge in [0.05, 0.1) is 25.0 Å². The van der Waals surface area contributed by atoms with Crippen LogP contribution in [0, 0.1) is 0 Å². The summed E-state index contributed by atoms with van der Waals surface area (Å²) in [6.07, 6.45) is 1.87. The van der Waals surface area contributed by atoms with Crippen LogP contribution in [-0.4, -0.2) is 38.3 Å². The molecule has 0 radical (unpaired) electrons. The van der Waals surface area contributed by atoms with Gasteiger partial charge in [0.25, 0.3) is 0 Å². The first-order valence-corrected chi connectivity index (χ1v) is 9.45. The maximum atomic E-state index is 12.2. The quantitative estimate of drug-likeness (QED) is 0.537. The normalized spacial score (nSPS) is 10.7. The molecular formula is C17H20N6O3S. The number of anilines is 1. The van der Waals surface area contributed by atoms with Crippen LogP contribution >= 0.6 is 11.8 Å². The molecule has 1 aromatic carbocycles. The van der Waals surface area contributed by atoms with Gasteiger partial charge < -0.3 is 14.6 Å². The molecule has 0 bridgehead atoms. The Balaban J connectivity index is 1.51. The molecule has 10 heteroatoms. The Kier molecular flexibility index (Phi) is 6.42. The van der Waals surface area contributed by atoms with Crippen LogP contribution in [0.1, 0.15) is 30.9 Å². The molecule has 0 aliphatic rings. The van der Waals surface area contributed by atoms with Gasteiger partial charge in [-0.1, -0.05) is 36.0 Å². The summed E-state index contributed by atoms with van der Waals surface area (Å²) < 4.78 is 10.4. The van der Waals surface area contributed by atoms with Gasteiger partial charge >= 0.3 is 0 Å². The number of nitrogens with one attached hydrogen (secondary N) is 2. The first kappa shape index (κ1) is 18.9. The number of aromatic nitrogens is 5. The van der Waals surface area contributed by atoms with E-state index in [0.717, 1.165) is 18.7 Å². The minimum absolute atomic E-state index is 0.00746. The number of thioether (sulfide) groups is 1. The molecule has 2 heterocycles. The van der Waals surface area contributed by atoms with Crippen molar-refractivity contribution in [3.8, 4) is 5.75 Å². The van der Waals surface area contributed by atoms with E-state index >= 15 is 0 Å². The lowest BCUT2D eigenvalue weighted by Crippen LogP contribution is -2.15. The van der Waals surface area contributed by atoms with Gasteiger partial charge in [0, 0.05) is 6.42 Å². The van der Waals surface area contributed by atoms with E-state index in [1.165, 1.54) is 11.8 Å². The van der Waals surface area contributed by atoms with E-state index in [4.69, 9.17) is 9.26 Å². The number of hydrogen-bond donors (Lipinski definition) is 2. The van der Waals surface area contributed by atoms with Crippen LogP contribution in [0.5, 0.6) is 5.75 Å². The van der Waals surface area contributed by atoms with E-state index in [2.05, 4.69) is 37.6 Å². The number of para-hydroxylation sites is 2. The predicted molar refractivity (Wildman–Crippen MR) is 99.6 cm³/mol. The van der Waals surface area contributed by atoms with Crippen molar-refractivity contribution in [2.24, 2.45) is 0 Å². The second-order valence-corrected chi connectivity index (χ2v) is 6.58. The number of rotatable bonds is 9. The van der Waals surface area contributed by atoms with Crippen molar-refractivity contribution in [1.29, 1.82) is 0 Å². The molecule has 2 N–H and O–H groups in total. The van der Waals surface area contributed by atoms with E-state index in [9.17, 15) is 4.79 Å². The number of hydrogen-bond acceptors (Lipinski definition) is 8. The summed E-state index contributed by atoms with van der Waals surface area (Å²) in [6.45, 7) is 2.08. The molecule has 142 valence electrons. The lowest BCUT2D eigenvalue weighted by atomic mass is 10.2. The van der Waals surface area contributed by atoms with Crippen LogP contribution in [0.15, 0.2) is 33.9 Å². The largest absolute Gasteiger partial charge is 0.495 e. The van der Waals surface area contributed by atoms with Crippen LogP contribution < -0.4 is 10.1 Å². The molecule has 0 saturated heterocycles. The number of aromatic amines is 1. The highest BCUT2D eigenvalue weighted by atomic mass is 32.2. The van der Waals surface area contributed by atoms with Crippen LogP contribution in [0.2, 0.25) is 0 Å². The van der Waals surface area contributed by atoms with Gasteiger partial charge in [-0.2, -0.15) is 4.98 Å². The lowest BCUT2D eigenvalue weighted by molar-refractivity contribution is -0.115. The minimum atomic E-state index is -0.252. The van der Waals surface area contributed by atoms with Crippen molar-refractivity contribution in [3.05, 3.63) is 41.8 Å². The number of H-pyrrole nitrogens is 1. The number of benzene rings is 1. The monoisotopic (exact) mass is 388 g/mol. The molecule has 27 heavy (non-hydrogen) atoms. The van der Waals surface area contributed by atoms with Gasteiger partial charge in [-0.25, -0.2) is 4.98 Å². The predicted octanol–water partition coefficient (Wildman–Crippen LogP) is 2.62. The summed E-state index contributed by atoms with van der Waals surface area (Å²) in [4.78, 5) is 20.8. The van der Waals surface area contributed by atoms with E-state index in [1.54, 1.807) is 19.2 Å². The molecule has 0 saturated carbocycles. The van der Waals surface area contributed by atoms with Gasteiger partial charge in [-0.15, -0.1) is 5.10 Å². The van der Waals surface area contributed by atoms with Crippen LogP contribution in [0.4, 0.5) is 5.69 Å². The number of methoxy groups -OCH3 is 1. The first-order valence-electron chi connectivity index (χ1n) is 8.46. The lowest BCUT2D eigenvalue weighted by Gasteiger charge is -2.08. The summed E-state index contributed by atoms with van der Waals surface area (Å²) in [5.41, 5.74) is 0.594. The average Bonchev–Trinajstić information content (AvgIpc) is 3.30. The summed E-state index contributed by atoms with van der Waals surface area (Å²) in [5, 5.41) is 14.3. The third-order valence-electron chi connectivity index (χ3n) is 3.53. The van der Waals surface area contributed by atoms with Crippen molar-refractivity contribution < 1.29 is 14.1 Å². The van der Waals surface area contributed by atoms with Gasteiger partial charge in [0.1, 0.15) is 11.6 Å². The number of ether oxygens (including phenoxy) is 1. The zero-order chi connectivity index (χ0) is 19.1. The van der Waals surface area contributed by atoms with Crippen molar-refractivity contribution in [1.82, 2.24) is 25.3 Å². The number of nitrogens with zero attached hydrogens (tertiary/aromatic N) is 4. The summed E-state index contributed by atoms with van der Waals surface area (Å²) in [7, 11) is 1.55. The summed E-state index contributed by atoms with van der Waals surface area (Å²) >= 11 is 1.39. The number of aryl methyl sites for hydroxylation is 1. The van der Waals surface area contributed by atoms with Gasteiger partial charge in [0.15, 0.2) is 5.82 Å². The standard InChI is InChI=1S/C17H20N6O3S/c1-3-6-13-20-17(22-21-13)27-10-16-19-14(23-26-16)9-15(24)18-11-7-4-5-8-12(11)25-2/h4-5,7-8H,3,6,9-10H2,1-2H3,(H,18,24)(H,20,21,22). The van der Waals surface area contributed by atoms with Crippen molar-refractivity contribution >= 4 is 23.4 Å². The molecule has 0 fully saturated rings. The van der Waals surface area contributed by atoms with Crippen molar-refractivity contribution in [2.75, 3.05) is 12.4 Å². The van der Waals surface area contributed by atoms with Crippen LogP contribution in [-0.2, 0) is 23.4 Å². The highest BCUT2D eigenvalue weighted by molar-refractivity contribution is 7.98. The molecule has 1 amide bonds. The second kappa shape index (κ2) is 9.17. The Morgan fingerprint density at radius 2 is 2.19 bits per heavy atom. The Hall–Kier alpha value is -2.88. The van der Waals surface area contributed by atoms with E-state index in [-0.39, 0.29) is 12.3 Å². The fourth-order valence-corrected chi connectivity index (χ4v) is 2.98. The number of amides is 1. The topological polar surface area (TPSA) is 119 Å². The van der Waals surface area contributed by atoms with E-state index < -0.39 is 0 Å². The Morgan fingerprint density at radius 3 is 3.00 bits per heavy atom. The molecule has 9 nitrogen and oxygen atoms in total. The molecule has 0 aliphatic heterocycles. The maximum absolute atomic E-state index is 12.2. The van der Waals surface area contributed by atoms with Crippen LogP contribution in [0.25, 0.3) is 0 Å². The smallest absolute Gasteiger partial charge is 0.237 e. The molecule has 0 unspecified atom stereocenters. The second-order valence-electron chi connectivity index (χ2n) is 5.63. The Morgan fingerprint density at radius 1 is 1.33 bits per heavy atom. The third kappa shape index (κ3) is 5.30. The summed E-state index contributed by atoms with van der Waals surface area (Å²) in [5.74, 6) is 2.37. The Bertz CT molecular complexity index is 894. The van der Waals surface area contributed by atoms with Crippen LogP contribution in [0.3, 0.4) is 0 Å². The molecule has 0 aliphatic carbocycles. The first-order chi connectivity index (χ1) is 13.2. The average molecular weight is 388 g/mol. The van der Waals surface area contributed by atoms with Gasteiger partial charge in [-0.05, 0) is 18.6 Å². The molecule has 3 rings (SSSR count). The van der Waals surface area contributed by atoms with Gasteiger partial charge in [0.2, 0.25) is 17.0 Å². The maximum Gasteiger partial charge on any atom is 0.237 e. The van der Waals surface area contributed by atoms with Gasteiger partial charge in [-0.3, -0.25) is 9.89 Å². The number of carbonyl (C=O) groups excluding carboxylic acids is 1. The van der Waals surface area contributed by atoms with Crippen molar-refractivity contribution in [3.63, 3.8) is 0 Å². The SMILES string of the molecule is CCCc1nc(SCc2nc(CC(=O)Nc3ccccc3OC)no2)n[nH]1. The van der Waals surface area contributed by atoms with E-state index in [0.29, 0.717) is 34.1 Å². The highest BCUT2D eigenvalue weighted by Crippen LogP contribution is 2.23. The third-order valence-corrected chi connectivity index (χ3v) is 4.36. The number of carbonyl (C=O) groups is 1. The fourth-order valence-electron chi connectivity index (χ4n) is 2.32. The molecule has 0 atom stereocenters. The zero-order valence-corrected chi connectivity index (χ0v) is 15.9. The Labute approximate surface area is 160 Å². The highest BCUT2D eigenvalue weighted by Gasteiger charge is 2.14. The zero-order valence-electron chi connectivity index (χ0n) is 15.1. The minimum Gasteiger partial charge on any atom is -0.495 e. The molecule has 2 aromatic heterocycles. The summed E-state index contributed by atoms with van der Waals surface area (Å²) in [6, 6.07) is 7.18.